The van der Waals surface area contributed by atoms with E-state index >= 15 is 0 Å². The molecule has 3 rings (SSSR count). The molecule has 0 spiro atoms. The maximum atomic E-state index is 12.8. The van der Waals surface area contributed by atoms with E-state index in [2.05, 4.69) is 17.6 Å². The van der Waals surface area contributed by atoms with E-state index in [-0.39, 0.29) is 11.0 Å². The quantitative estimate of drug-likeness (QED) is 0.291. The average Bonchev–Trinajstić information content (AvgIpc) is 2.84. The highest BCUT2D eigenvalue weighted by molar-refractivity contribution is 7.80. The number of unbranched alkanes of at least 4 members (excludes halogenated alkanes) is 1. The van der Waals surface area contributed by atoms with Crippen LogP contribution in [0.3, 0.4) is 0 Å². The van der Waals surface area contributed by atoms with Crippen LogP contribution >= 0.6 is 12.2 Å². The van der Waals surface area contributed by atoms with Gasteiger partial charge in [-0.25, -0.2) is 0 Å². The number of ether oxygens (including phenoxy) is 3. The minimum absolute atomic E-state index is 0.167. The Bertz CT molecular complexity index is 1040. The minimum atomic E-state index is -0.339. The van der Waals surface area contributed by atoms with E-state index in [1.54, 1.807) is 18.2 Å². The Labute approximate surface area is 199 Å². The van der Waals surface area contributed by atoms with Crippen molar-refractivity contribution in [2.24, 2.45) is 0 Å². The molecular weight excluding hydrogens is 436 g/mol. The highest BCUT2D eigenvalue weighted by Gasteiger charge is 2.14. The number of hydrogen-bond donors (Lipinski definition) is 2. The third-order valence-corrected chi connectivity index (χ3v) is 4.81. The Morgan fingerprint density at radius 2 is 1.42 bits per heavy atom. The fraction of sp³-hybridized carbons (Fsp3) is 0.231. The Hall–Kier alpha value is -3.58. The third-order valence-electron chi connectivity index (χ3n) is 4.60. The van der Waals surface area contributed by atoms with Crippen LogP contribution < -0.4 is 24.8 Å². The first-order valence-electron chi connectivity index (χ1n) is 10.9. The molecule has 0 saturated heterocycles. The van der Waals surface area contributed by atoms with Gasteiger partial charge >= 0.3 is 0 Å². The lowest BCUT2D eigenvalue weighted by molar-refractivity contribution is 0.0973. The molecule has 1 amide bonds. The summed E-state index contributed by atoms with van der Waals surface area (Å²) < 4.78 is 17.2. The molecular formula is C26H28N2O4S. The van der Waals surface area contributed by atoms with E-state index in [0.29, 0.717) is 42.6 Å². The van der Waals surface area contributed by atoms with Gasteiger partial charge in [0.05, 0.1) is 17.9 Å². The molecule has 7 heteroatoms. The largest absolute Gasteiger partial charge is 0.493 e. The first-order valence-corrected chi connectivity index (χ1v) is 11.3. The lowest BCUT2D eigenvalue weighted by Gasteiger charge is -2.15. The SMILES string of the molecule is CCCCOc1ccccc1C(=O)NC(=S)Nc1ccccc1OCCOc1ccccc1. The maximum Gasteiger partial charge on any atom is 0.261 e. The molecule has 0 saturated carbocycles. The van der Waals surface area contributed by atoms with E-state index in [4.69, 9.17) is 26.4 Å². The number of benzene rings is 3. The summed E-state index contributed by atoms with van der Waals surface area (Å²) in [4.78, 5) is 12.8. The number of thiocarbonyl (C=S) groups is 1. The molecule has 172 valence electrons. The van der Waals surface area contributed by atoms with Crippen molar-refractivity contribution in [1.82, 2.24) is 5.32 Å². The molecule has 0 fully saturated rings. The van der Waals surface area contributed by atoms with Crippen LogP contribution in [0.4, 0.5) is 5.69 Å². The summed E-state index contributed by atoms with van der Waals surface area (Å²) >= 11 is 5.36. The van der Waals surface area contributed by atoms with Crippen molar-refractivity contribution >= 4 is 28.9 Å². The molecule has 33 heavy (non-hydrogen) atoms. The van der Waals surface area contributed by atoms with Crippen LogP contribution in [-0.2, 0) is 0 Å². The van der Waals surface area contributed by atoms with Crippen LogP contribution in [0.25, 0.3) is 0 Å². The summed E-state index contributed by atoms with van der Waals surface area (Å²) in [6.45, 7) is 3.40. The summed E-state index contributed by atoms with van der Waals surface area (Å²) in [6.07, 6.45) is 1.94. The van der Waals surface area contributed by atoms with Gasteiger partial charge in [0.1, 0.15) is 30.5 Å². The van der Waals surface area contributed by atoms with E-state index < -0.39 is 0 Å². The van der Waals surface area contributed by atoms with Gasteiger partial charge in [0, 0.05) is 0 Å². The van der Waals surface area contributed by atoms with E-state index in [9.17, 15) is 4.79 Å². The molecule has 0 heterocycles. The second kappa shape index (κ2) is 13.1. The molecule has 0 aliphatic heterocycles. The van der Waals surface area contributed by atoms with Crippen molar-refractivity contribution in [2.75, 3.05) is 25.1 Å². The lowest BCUT2D eigenvalue weighted by Crippen LogP contribution is -2.34. The van der Waals surface area contributed by atoms with Gasteiger partial charge in [-0.15, -0.1) is 0 Å². The number of para-hydroxylation sites is 4. The van der Waals surface area contributed by atoms with Crippen LogP contribution in [0.1, 0.15) is 30.1 Å². The third kappa shape index (κ3) is 7.80. The zero-order valence-corrected chi connectivity index (χ0v) is 19.4. The van der Waals surface area contributed by atoms with Crippen LogP contribution in [0.2, 0.25) is 0 Å². The molecule has 6 nitrogen and oxygen atoms in total. The predicted molar refractivity (Wildman–Crippen MR) is 134 cm³/mol. The fourth-order valence-electron chi connectivity index (χ4n) is 2.95. The Kier molecular flexibility index (Phi) is 9.54. The van der Waals surface area contributed by atoms with Gasteiger partial charge in [-0.3, -0.25) is 10.1 Å². The van der Waals surface area contributed by atoms with Gasteiger partial charge in [-0.05, 0) is 55.0 Å². The van der Waals surface area contributed by atoms with Crippen molar-refractivity contribution < 1.29 is 19.0 Å². The first-order chi connectivity index (χ1) is 16.2. The van der Waals surface area contributed by atoms with Gasteiger partial charge in [0.25, 0.3) is 5.91 Å². The van der Waals surface area contributed by atoms with E-state index in [0.717, 1.165) is 18.6 Å². The van der Waals surface area contributed by atoms with Crippen molar-refractivity contribution in [1.29, 1.82) is 0 Å². The number of carbonyl (C=O) groups excluding carboxylic acids is 1. The summed E-state index contributed by atoms with van der Waals surface area (Å²) in [5.41, 5.74) is 1.08. The number of rotatable bonds is 11. The summed E-state index contributed by atoms with van der Waals surface area (Å²) in [6, 6.07) is 24.0. The summed E-state index contributed by atoms with van der Waals surface area (Å²) in [5, 5.41) is 5.91. The highest BCUT2D eigenvalue weighted by Crippen LogP contribution is 2.24. The van der Waals surface area contributed by atoms with Crippen LogP contribution in [0.15, 0.2) is 78.9 Å². The molecule has 0 bridgehead atoms. The van der Waals surface area contributed by atoms with Gasteiger partial charge < -0.3 is 19.5 Å². The van der Waals surface area contributed by atoms with Crippen molar-refractivity contribution in [2.45, 2.75) is 19.8 Å². The van der Waals surface area contributed by atoms with Gasteiger partial charge in [-0.2, -0.15) is 0 Å². The minimum Gasteiger partial charge on any atom is -0.493 e. The second-order valence-electron chi connectivity index (χ2n) is 7.11. The number of anilines is 1. The van der Waals surface area contributed by atoms with Crippen molar-refractivity contribution in [3.63, 3.8) is 0 Å². The van der Waals surface area contributed by atoms with E-state index in [1.807, 2.05) is 60.7 Å². The number of hydrogen-bond acceptors (Lipinski definition) is 5. The Morgan fingerprint density at radius 1 is 0.788 bits per heavy atom. The molecule has 3 aromatic rings. The van der Waals surface area contributed by atoms with Gasteiger partial charge in [0.2, 0.25) is 0 Å². The molecule has 0 aliphatic rings. The zero-order valence-electron chi connectivity index (χ0n) is 18.6. The highest BCUT2D eigenvalue weighted by atomic mass is 32.1. The topological polar surface area (TPSA) is 68.8 Å². The van der Waals surface area contributed by atoms with Crippen molar-refractivity contribution in [3.05, 3.63) is 84.4 Å². The average molecular weight is 465 g/mol. The monoisotopic (exact) mass is 464 g/mol. The molecule has 0 radical (unpaired) electrons. The molecule has 0 aliphatic carbocycles. The molecule has 2 N–H and O–H groups in total. The number of nitrogens with one attached hydrogen (secondary N) is 2. The van der Waals surface area contributed by atoms with Crippen LogP contribution in [-0.4, -0.2) is 30.8 Å². The molecule has 3 aromatic carbocycles. The van der Waals surface area contributed by atoms with Crippen LogP contribution in [0, 0.1) is 0 Å². The Morgan fingerprint density at radius 3 is 2.21 bits per heavy atom. The second-order valence-corrected chi connectivity index (χ2v) is 7.52. The normalized spacial score (nSPS) is 10.2. The summed E-state index contributed by atoms with van der Waals surface area (Å²) in [7, 11) is 0. The molecule has 0 atom stereocenters. The summed E-state index contributed by atoms with van der Waals surface area (Å²) in [5.74, 6) is 1.59. The smallest absolute Gasteiger partial charge is 0.261 e. The molecule has 0 aromatic heterocycles. The van der Waals surface area contributed by atoms with Gasteiger partial charge in [0.15, 0.2) is 5.11 Å². The van der Waals surface area contributed by atoms with E-state index in [1.165, 1.54) is 0 Å². The zero-order chi connectivity index (χ0) is 23.3. The standard InChI is InChI=1S/C26H28N2O4S/c1-2-3-17-31-23-15-9-7-13-21(23)25(29)28-26(33)27-22-14-8-10-16-24(22)32-19-18-30-20-11-5-4-6-12-20/h4-16H,2-3,17-19H2,1H3,(H2,27,28,29,33). The van der Waals surface area contributed by atoms with Crippen molar-refractivity contribution in [3.8, 4) is 17.2 Å². The molecule has 0 unspecified atom stereocenters. The predicted octanol–water partition coefficient (Wildman–Crippen LogP) is 5.45. The number of carbonyl (C=O) groups is 1. The number of amides is 1. The first kappa shape index (κ1) is 24.1. The lowest BCUT2D eigenvalue weighted by atomic mass is 10.2. The van der Waals surface area contributed by atoms with Gasteiger partial charge in [-0.1, -0.05) is 55.8 Å². The van der Waals surface area contributed by atoms with Crippen LogP contribution in [0.5, 0.6) is 17.2 Å². The Balaban J connectivity index is 1.54. The maximum absolute atomic E-state index is 12.8. The fourth-order valence-corrected chi connectivity index (χ4v) is 3.16.